The first-order valence-electron chi connectivity index (χ1n) is 6.00. The normalized spacial score (nSPS) is 10.1. The van der Waals surface area contributed by atoms with E-state index in [0.29, 0.717) is 11.3 Å². The molecule has 2 rings (SSSR count). The number of nitrogens with one attached hydrogen (secondary N) is 2. The van der Waals surface area contributed by atoms with Gasteiger partial charge < -0.3 is 25.0 Å². The molecule has 0 unspecified atom stereocenters. The Morgan fingerprint density at radius 3 is 2.52 bits per heavy atom. The van der Waals surface area contributed by atoms with Crippen LogP contribution < -0.4 is 15.7 Å². The van der Waals surface area contributed by atoms with E-state index < -0.39 is 12.0 Å². The van der Waals surface area contributed by atoms with Gasteiger partial charge in [0.25, 0.3) is 5.91 Å². The minimum absolute atomic E-state index is 0.0551. The number of carboxylic acid groups (broad SMARTS) is 1. The van der Waals surface area contributed by atoms with Crippen molar-refractivity contribution >= 4 is 27.9 Å². The van der Waals surface area contributed by atoms with Crippen molar-refractivity contribution in [1.29, 1.82) is 0 Å². The zero-order valence-corrected chi connectivity index (χ0v) is 12.3. The van der Waals surface area contributed by atoms with Crippen molar-refractivity contribution in [3.05, 3.63) is 40.8 Å². The van der Waals surface area contributed by atoms with Gasteiger partial charge in [-0.05, 0) is 12.1 Å². The lowest BCUT2D eigenvalue weighted by atomic mass is 10.1. The summed E-state index contributed by atoms with van der Waals surface area (Å²) in [6, 6.07) is 7.23. The highest BCUT2D eigenvalue weighted by Crippen LogP contribution is 2.24. The van der Waals surface area contributed by atoms with Crippen LogP contribution in [0.15, 0.2) is 39.5 Å². The predicted octanol–water partition coefficient (Wildman–Crippen LogP) is 0.767. The number of carbonyl (C=O) groups excluding carboxylic acids is 2. The SMILES string of the molecule is O=C([O-])NCCNC(=O)c1ncoc1-c1ccc(Br)cc1. The maximum Gasteiger partial charge on any atom is 0.273 e. The number of oxazole rings is 1. The molecule has 1 aromatic heterocycles. The van der Waals surface area contributed by atoms with Crippen molar-refractivity contribution in [1.82, 2.24) is 15.6 Å². The lowest BCUT2D eigenvalue weighted by molar-refractivity contribution is -0.250. The number of hydrogen-bond acceptors (Lipinski definition) is 5. The van der Waals surface area contributed by atoms with Crippen LogP contribution in [-0.4, -0.2) is 30.1 Å². The Morgan fingerprint density at radius 1 is 1.19 bits per heavy atom. The van der Waals surface area contributed by atoms with Gasteiger partial charge in [-0.15, -0.1) is 0 Å². The van der Waals surface area contributed by atoms with E-state index in [2.05, 4.69) is 26.2 Å². The molecule has 0 aliphatic carbocycles. The average molecular weight is 353 g/mol. The Morgan fingerprint density at radius 2 is 1.86 bits per heavy atom. The van der Waals surface area contributed by atoms with Crippen LogP contribution >= 0.6 is 15.9 Å². The Labute approximate surface area is 128 Å². The molecule has 1 aromatic carbocycles. The van der Waals surface area contributed by atoms with E-state index in [1.54, 1.807) is 12.1 Å². The number of benzene rings is 1. The number of nitrogens with zero attached hydrogens (tertiary/aromatic N) is 1. The fourth-order valence-corrected chi connectivity index (χ4v) is 1.90. The quantitative estimate of drug-likeness (QED) is 0.772. The Hall–Kier alpha value is -2.35. The average Bonchev–Trinajstić information content (AvgIpc) is 2.93. The summed E-state index contributed by atoms with van der Waals surface area (Å²) in [6.07, 6.45) is -0.202. The molecular weight excluding hydrogens is 342 g/mol. The molecule has 0 bridgehead atoms. The molecule has 0 spiro atoms. The van der Waals surface area contributed by atoms with Crippen molar-refractivity contribution in [2.24, 2.45) is 0 Å². The minimum atomic E-state index is -1.39. The number of halogens is 1. The second kappa shape index (κ2) is 6.89. The molecule has 2 amide bonds. The number of rotatable bonds is 5. The molecule has 0 radical (unpaired) electrons. The smallest absolute Gasteiger partial charge is 0.273 e. The number of aromatic nitrogens is 1. The summed E-state index contributed by atoms with van der Waals surface area (Å²) in [5.74, 6) is -0.0883. The van der Waals surface area contributed by atoms with Crippen molar-refractivity contribution in [3.63, 3.8) is 0 Å². The monoisotopic (exact) mass is 352 g/mol. The molecule has 0 saturated carbocycles. The van der Waals surface area contributed by atoms with Crippen LogP contribution in [0.1, 0.15) is 10.5 Å². The standard InChI is InChI=1S/C13H12BrN3O4/c14-9-3-1-8(2-4-9)11-10(17-7-21-11)12(18)15-5-6-16-13(19)20/h1-4,7,16H,5-6H2,(H,15,18)(H,19,20)/p-1. The van der Waals surface area contributed by atoms with Crippen molar-refractivity contribution in [2.45, 2.75) is 0 Å². The molecule has 0 saturated heterocycles. The number of amides is 2. The van der Waals surface area contributed by atoms with E-state index in [0.717, 1.165) is 4.47 Å². The van der Waals surface area contributed by atoms with Crippen LogP contribution in [0.5, 0.6) is 0 Å². The molecule has 7 nitrogen and oxygen atoms in total. The summed E-state index contributed by atoms with van der Waals surface area (Å²) < 4.78 is 6.16. The van der Waals surface area contributed by atoms with Crippen molar-refractivity contribution < 1.29 is 19.1 Å². The van der Waals surface area contributed by atoms with Crippen LogP contribution in [0.2, 0.25) is 0 Å². The third-order valence-electron chi connectivity index (χ3n) is 2.57. The fourth-order valence-electron chi connectivity index (χ4n) is 1.64. The zero-order valence-electron chi connectivity index (χ0n) is 10.8. The summed E-state index contributed by atoms with van der Waals surface area (Å²) in [4.78, 5) is 26.0. The van der Waals surface area contributed by atoms with Gasteiger partial charge in [-0.3, -0.25) is 4.79 Å². The highest BCUT2D eigenvalue weighted by molar-refractivity contribution is 9.10. The first kappa shape index (κ1) is 15.0. The van der Waals surface area contributed by atoms with E-state index in [-0.39, 0.29) is 18.8 Å². The third kappa shape index (κ3) is 4.06. The van der Waals surface area contributed by atoms with Gasteiger partial charge in [-0.25, -0.2) is 4.98 Å². The molecule has 0 aliphatic heterocycles. The molecule has 0 atom stereocenters. The van der Waals surface area contributed by atoms with E-state index in [9.17, 15) is 14.7 Å². The molecule has 110 valence electrons. The summed E-state index contributed by atoms with van der Waals surface area (Å²) in [6.45, 7) is 0.180. The Kier molecular flexibility index (Phi) is 4.94. The Balaban J connectivity index is 2.04. The topological polar surface area (TPSA) is 107 Å². The lowest BCUT2D eigenvalue weighted by Gasteiger charge is -2.07. The van der Waals surface area contributed by atoms with Gasteiger partial charge in [0, 0.05) is 23.1 Å². The van der Waals surface area contributed by atoms with E-state index >= 15 is 0 Å². The summed E-state index contributed by atoms with van der Waals surface area (Å²) in [7, 11) is 0. The molecule has 8 heteroatoms. The van der Waals surface area contributed by atoms with Crippen LogP contribution in [0, 0.1) is 0 Å². The zero-order chi connectivity index (χ0) is 15.2. The molecule has 0 aliphatic rings. The van der Waals surface area contributed by atoms with Crippen LogP contribution in [0.3, 0.4) is 0 Å². The largest absolute Gasteiger partial charge is 0.530 e. The van der Waals surface area contributed by atoms with Crippen LogP contribution in [0.4, 0.5) is 4.79 Å². The molecule has 2 aromatic rings. The van der Waals surface area contributed by atoms with E-state index in [1.807, 2.05) is 17.4 Å². The van der Waals surface area contributed by atoms with Crippen molar-refractivity contribution in [2.75, 3.05) is 13.1 Å². The maximum atomic E-state index is 12.0. The fraction of sp³-hybridized carbons (Fsp3) is 0.154. The van der Waals surface area contributed by atoms with Gasteiger partial charge in [-0.2, -0.15) is 0 Å². The van der Waals surface area contributed by atoms with Gasteiger partial charge in [-0.1, -0.05) is 28.1 Å². The Bertz CT molecular complexity index is 639. The molecule has 0 fully saturated rings. The molecule has 2 N–H and O–H groups in total. The summed E-state index contributed by atoms with van der Waals surface area (Å²) in [5.41, 5.74) is 0.861. The predicted molar refractivity (Wildman–Crippen MR) is 75.4 cm³/mol. The molecule has 21 heavy (non-hydrogen) atoms. The van der Waals surface area contributed by atoms with E-state index in [1.165, 1.54) is 6.39 Å². The second-order valence-electron chi connectivity index (χ2n) is 4.01. The highest BCUT2D eigenvalue weighted by Gasteiger charge is 2.17. The van der Waals surface area contributed by atoms with Crippen LogP contribution in [0.25, 0.3) is 11.3 Å². The van der Waals surface area contributed by atoms with Gasteiger partial charge in [0.05, 0.1) is 0 Å². The first-order valence-corrected chi connectivity index (χ1v) is 6.79. The first-order chi connectivity index (χ1) is 10.1. The van der Waals surface area contributed by atoms with E-state index in [4.69, 9.17) is 4.42 Å². The van der Waals surface area contributed by atoms with Crippen molar-refractivity contribution in [3.8, 4) is 11.3 Å². The van der Waals surface area contributed by atoms with Gasteiger partial charge in [0.15, 0.2) is 17.8 Å². The highest BCUT2D eigenvalue weighted by atomic mass is 79.9. The number of hydrogen-bond donors (Lipinski definition) is 2. The van der Waals surface area contributed by atoms with Gasteiger partial charge in [0.1, 0.15) is 6.09 Å². The minimum Gasteiger partial charge on any atom is -0.530 e. The molecular formula is C13H11BrN3O4-. The second-order valence-corrected chi connectivity index (χ2v) is 4.92. The molecule has 1 heterocycles. The van der Waals surface area contributed by atoms with Crippen LogP contribution in [-0.2, 0) is 0 Å². The maximum absolute atomic E-state index is 12.0. The number of carbonyl (C=O) groups is 2. The summed E-state index contributed by atoms with van der Waals surface area (Å²) >= 11 is 3.32. The van der Waals surface area contributed by atoms with Gasteiger partial charge >= 0.3 is 0 Å². The van der Waals surface area contributed by atoms with Gasteiger partial charge in [0.2, 0.25) is 0 Å². The summed E-state index contributed by atoms with van der Waals surface area (Å²) in [5, 5.41) is 14.8. The lowest BCUT2D eigenvalue weighted by Crippen LogP contribution is -2.41. The third-order valence-corrected chi connectivity index (χ3v) is 3.10.